The molecule has 10 heteroatoms. The smallest absolute Gasteiger partial charge is 0.407 e. The SMILES string of the molecule is COc1ccc(-c2nc(N3CCC(CNC(=O)OC(C)(C)C)CC3)nc3nc[nH]c23)c(CO)c1. The van der Waals surface area contributed by atoms with E-state index in [0.29, 0.717) is 41.1 Å². The second-order valence-electron chi connectivity index (χ2n) is 9.47. The van der Waals surface area contributed by atoms with Crippen molar-refractivity contribution < 1.29 is 19.4 Å². The Kier molecular flexibility index (Phi) is 6.87. The predicted molar refractivity (Wildman–Crippen MR) is 129 cm³/mol. The number of aromatic nitrogens is 4. The molecule has 182 valence electrons. The number of ether oxygens (including phenoxy) is 2. The third kappa shape index (κ3) is 5.39. The fraction of sp³-hybridized carbons (Fsp3) is 0.500. The fourth-order valence-electron chi connectivity index (χ4n) is 4.10. The predicted octanol–water partition coefficient (Wildman–Crippen LogP) is 3.26. The maximum Gasteiger partial charge on any atom is 0.407 e. The number of imidazole rings is 1. The number of rotatable bonds is 6. The Morgan fingerprint density at radius 3 is 2.71 bits per heavy atom. The van der Waals surface area contributed by atoms with Crippen LogP contribution in [-0.2, 0) is 11.3 Å². The molecule has 1 fully saturated rings. The molecule has 0 aliphatic carbocycles. The van der Waals surface area contributed by atoms with Crippen LogP contribution in [0.15, 0.2) is 24.5 Å². The summed E-state index contributed by atoms with van der Waals surface area (Å²) in [7, 11) is 1.60. The summed E-state index contributed by atoms with van der Waals surface area (Å²) < 4.78 is 10.6. The van der Waals surface area contributed by atoms with Crippen LogP contribution >= 0.6 is 0 Å². The number of aliphatic hydroxyl groups is 1. The number of carbonyl (C=O) groups excluding carboxylic acids is 1. The zero-order chi connectivity index (χ0) is 24.3. The normalized spacial score (nSPS) is 14.9. The number of piperidine rings is 1. The van der Waals surface area contributed by atoms with Crippen LogP contribution < -0.4 is 15.0 Å². The number of aromatic amines is 1. The first-order valence-corrected chi connectivity index (χ1v) is 11.5. The van der Waals surface area contributed by atoms with Crippen molar-refractivity contribution in [3.8, 4) is 17.0 Å². The monoisotopic (exact) mass is 468 g/mol. The van der Waals surface area contributed by atoms with Crippen LogP contribution in [0.5, 0.6) is 5.75 Å². The number of nitrogens with zero attached hydrogens (tertiary/aromatic N) is 4. The molecule has 0 unspecified atom stereocenters. The largest absolute Gasteiger partial charge is 0.497 e. The number of fused-ring (bicyclic) bond motifs is 1. The lowest BCUT2D eigenvalue weighted by atomic mass is 9.97. The molecule has 0 bridgehead atoms. The maximum atomic E-state index is 12.0. The van der Waals surface area contributed by atoms with E-state index < -0.39 is 5.60 Å². The first-order chi connectivity index (χ1) is 16.3. The summed E-state index contributed by atoms with van der Waals surface area (Å²) in [6, 6.07) is 5.55. The number of benzene rings is 1. The van der Waals surface area contributed by atoms with Gasteiger partial charge in [-0.25, -0.2) is 14.8 Å². The first-order valence-electron chi connectivity index (χ1n) is 11.5. The lowest BCUT2D eigenvalue weighted by Crippen LogP contribution is -2.40. The molecule has 4 rings (SSSR count). The highest BCUT2D eigenvalue weighted by atomic mass is 16.6. The van der Waals surface area contributed by atoms with Crippen LogP contribution in [0.25, 0.3) is 22.4 Å². The van der Waals surface area contributed by atoms with Gasteiger partial charge in [-0.3, -0.25) is 0 Å². The third-order valence-corrected chi connectivity index (χ3v) is 5.84. The van der Waals surface area contributed by atoms with Gasteiger partial charge < -0.3 is 29.8 Å². The van der Waals surface area contributed by atoms with Crippen molar-refractivity contribution in [1.82, 2.24) is 25.3 Å². The zero-order valence-electron chi connectivity index (χ0n) is 20.1. The van der Waals surface area contributed by atoms with Gasteiger partial charge in [-0.1, -0.05) is 0 Å². The van der Waals surface area contributed by atoms with Crippen LogP contribution in [0.1, 0.15) is 39.2 Å². The number of H-pyrrole nitrogens is 1. The minimum absolute atomic E-state index is 0.141. The molecule has 10 nitrogen and oxygen atoms in total. The Morgan fingerprint density at radius 2 is 2.03 bits per heavy atom. The summed E-state index contributed by atoms with van der Waals surface area (Å²) in [5.41, 5.74) is 3.00. The Morgan fingerprint density at radius 1 is 1.26 bits per heavy atom. The lowest BCUT2D eigenvalue weighted by Gasteiger charge is -2.32. The summed E-state index contributed by atoms with van der Waals surface area (Å²) in [6.07, 6.45) is 3.02. The van der Waals surface area contributed by atoms with E-state index in [0.717, 1.165) is 37.0 Å². The van der Waals surface area contributed by atoms with Crippen molar-refractivity contribution in [2.24, 2.45) is 5.92 Å². The summed E-state index contributed by atoms with van der Waals surface area (Å²) in [6.45, 7) is 7.54. The van der Waals surface area contributed by atoms with E-state index in [1.807, 2.05) is 39.0 Å². The van der Waals surface area contributed by atoms with Crippen molar-refractivity contribution in [2.45, 2.75) is 45.8 Å². The molecule has 1 aromatic carbocycles. The Labute approximate surface area is 198 Å². The van der Waals surface area contributed by atoms with E-state index in [2.05, 4.69) is 25.2 Å². The van der Waals surface area contributed by atoms with Gasteiger partial charge in [0.1, 0.15) is 22.6 Å². The van der Waals surface area contributed by atoms with Gasteiger partial charge in [-0.05, 0) is 63.3 Å². The Balaban J connectivity index is 1.50. The van der Waals surface area contributed by atoms with Gasteiger partial charge in [-0.2, -0.15) is 4.98 Å². The van der Waals surface area contributed by atoms with Crippen LogP contribution in [0, 0.1) is 5.92 Å². The van der Waals surface area contributed by atoms with Gasteiger partial charge in [0.25, 0.3) is 0 Å². The van der Waals surface area contributed by atoms with Gasteiger partial charge >= 0.3 is 6.09 Å². The number of hydrogen-bond acceptors (Lipinski definition) is 8. The van der Waals surface area contributed by atoms with Crippen LogP contribution in [0.3, 0.4) is 0 Å². The second kappa shape index (κ2) is 9.84. The molecule has 1 saturated heterocycles. The summed E-state index contributed by atoms with van der Waals surface area (Å²) in [5, 5.41) is 12.8. The molecule has 3 aromatic rings. The number of anilines is 1. The highest BCUT2D eigenvalue weighted by Gasteiger charge is 2.25. The number of methoxy groups -OCH3 is 1. The number of nitrogens with one attached hydrogen (secondary N) is 2. The Hall–Kier alpha value is -3.40. The highest BCUT2D eigenvalue weighted by Crippen LogP contribution is 2.32. The van der Waals surface area contributed by atoms with Crippen molar-refractivity contribution >= 4 is 23.2 Å². The van der Waals surface area contributed by atoms with Crippen molar-refractivity contribution in [3.05, 3.63) is 30.1 Å². The Bertz CT molecular complexity index is 1150. The minimum atomic E-state index is -0.507. The van der Waals surface area contributed by atoms with Crippen molar-refractivity contribution in [1.29, 1.82) is 0 Å². The number of amides is 1. The second-order valence-corrected chi connectivity index (χ2v) is 9.47. The van der Waals surface area contributed by atoms with Crippen molar-refractivity contribution in [3.63, 3.8) is 0 Å². The van der Waals surface area contributed by atoms with Crippen LogP contribution in [0.2, 0.25) is 0 Å². The van der Waals surface area contributed by atoms with Gasteiger partial charge in [0, 0.05) is 25.2 Å². The summed E-state index contributed by atoms with van der Waals surface area (Å²) in [4.78, 5) is 31.1. The molecule has 0 spiro atoms. The van der Waals surface area contributed by atoms with Gasteiger partial charge in [-0.15, -0.1) is 0 Å². The zero-order valence-corrected chi connectivity index (χ0v) is 20.1. The quantitative estimate of drug-likeness (QED) is 0.503. The topological polar surface area (TPSA) is 125 Å². The molecule has 1 aliphatic rings. The average Bonchev–Trinajstić information content (AvgIpc) is 3.30. The van der Waals surface area contributed by atoms with E-state index in [1.165, 1.54) is 0 Å². The molecule has 3 heterocycles. The molecule has 1 aliphatic heterocycles. The highest BCUT2D eigenvalue weighted by molar-refractivity contribution is 5.89. The molecule has 3 N–H and O–H groups in total. The van der Waals surface area contributed by atoms with E-state index in [4.69, 9.17) is 14.5 Å². The summed E-state index contributed by atoms with van der Waals surface area (Å²) in [5.74, 6) is 1.64. The van der Waals surface area contributed by atoms with Gasteiger partial charge in [0.15, 0.2) is 5.65 Å². The fourth-order valence-corrected chi connectivity index (χ4v) is 4.10. The standard InChI is InChI=1S/C24H32N6O4/c1-24(2,3)34-23(32)25-12-15-7-9-30(10-8-15)22-28-19(20-21(29-22)27-14-26-20)18-6-5-17(33-4)11-16(18)13-31/h5-6,11,14-15,31H,7-10,12-13H2,1-4H3,(H,25,32)(H,26,27,28,29). The number of carbonyl (C=O) groups is 1. The molecule has 1 amide bonds. The van der Waals surface area contributed by atoms with Crippen LogP contribution in [0.4, 0.5) is 10.7 Å². The van der Waals surface area contributed by atoms with E-state index in [9.17, 15) is 9.90 Å². The molecule has 0 atom stereocenters. The average molecular weight is 469 g/mol. The van der Waals surface area contributed by atoms with Gasteiger partial charge in [0.05, 0.1) is 20.0 Å². The molecule has 0 saturated carbocycles. The number of alkyl carbamates (subject to hydrolysis) is 1. The van der Waals surface area contributed by atoms with Gasteiger partial charge in [0.2, 0.25) is 5.95 Å². The molecule has 0 radical (unpaired) electrons. The van der Waals surface area contributed by atoms with Crippen molar-refractivity contribution in [2.75, 3.05) is 31.6 Å². The molecular weight excluding hydrogens is 436 g/mol. The van der Waals surface area contributed by atoms with E-state index in [-0.39, 0.29) is 12.7 Å². The van der Waals surface area contributed by atoms with Crippen LogP contribution in [-0.4, -0.2) is 63.5 Å². The number of hydrogen-bond donors (Lipinski definition) is 3. The molecular formula is C24H32N6O4. The minimum Gasteiger partial charge on any atom is -0.497 e. The number of aliphatic hydroxyl groups excluding tert-OH is 1. The van der Waals surface area contributed by atoms with E-state index >= 15 is 0 Å². The molecule has 2 aromatic heterocycles. The lowest BCUT2D eigenvalue weighted by molar-refractivity contribution is 0.0516. The maximum absolute atomic E-state index is 12.0. The summed E-state index contributed by atoms with van der Waals surface area (Å²) >= 11 is 0. The van der Waals surface area contributed by atoms with E-state index in [1.54, 1.807) is 13.4 Å². The third-order valence-electron chi connectivity index (χ3n) is 5.84. The molecule has 34 heavy (non-hydrogen) atoms. The first kappa shape index (κ1) is 23.7.